The van der Waals surface area contributed by atoms with Crippen molar-refractivity contribution in [3.05, 3.63) is 23.8 Å². The van der Waals surface area contributed by atoms with Crippen LogP contribution in [0.4, 0.5) is 0 Å². The van der Waals surface area contributed by atoms with Gasteiger partial charge < -0.3 is 10.1 Å². The van der Waals surface area contributed by atoms with Crippen LogP contribution < -0.4 is 5.32 Å². The van der Waals surface area contributed by atoms with E-state index < -0.39 is 0 Å². The first-order valence-electron chi connectivity index (χ1n) is 6.73. The molecule has 0 spiro atoms. The average Bonchev–Trinajstić information content (AvgIpc) is 2.25. The number of methoxy groups -OCH3 is 1. The molecule has 1 aromatic heterocycles. The van der Waals surface area contributed by atoms with Gasteiger partial charge in [0, 0.05) is 25.4 Å². The van der Waals surface area contributed by atoms with Gasteiger partial charge in [-0.1, -0.05) is 20.8 Å². The predicted molar refractivity (Wildman–Crippen MR) is 77.8 cm³/mol. The fraction of sp³-hybridized carbons (Fsp3) is 0.733. The highest BCUT2D eigenvalue weighted by atomic mass is 16.5. The molecule has 1 N–H and O–H groups in total. The smallest absolute Gasteiger partial charge is 0.157 e. The Morgan fingerprint density at radius 3 is 2.32 bits per heavy atom. The van der Waals surface area contributed by atoms with E-state index in [2.05, 4.69) is 56.8 Å². The normalized spacial score (nSPS) is 14.5. The Bertz CT molecular complexity index is 405. The Hall–Kier alpha value is -1.00. The highest BCUT2D eigenvalue weighted by molar-refractivity contribution is 5.06. The number of rotatable bonds is 4. The SMILES string of the molecule is COC(c1nccc(CNC(C)(C)C)n1)C(C)(C)C. The highest BCUT2D eigenvalue weighted by Crippen LogP contribution is 2.33. The second-order valence-corrected chi connectivity index (χ2v) is 6.99. The highest BCUT2D eigenvalue weighted by Gasteiger charge is 2.28. The molecule has 0 fully saturated rings. The summed E-state index contributed by atoms with van der Waals surface area (Å²) in [5.74, 6) is 0.753. The Kier molecular flexibility index (Phi) is 5.04. The zero-order chi connectivity index (χ0) is 14.7. The minimum absolute atomic E-state index is 0.0230. The van der Waals surface area contributed by atoms with E-state index in [-0.39, 0.29) is 17.1 Å². The maximum Gasteiger partial charge on any atom is 0.157 e. The van der Waals surface area contributed by atoms with Crippen molar-refractivity contribution in [2.75, 3.05) is 7.11 Å². The molecule has 0 saturated heterocycles. The second kappa shape index (κ2) is 5.97. The van der Waals surface area contributed by atoms with Crippen molar-refractivity contribution in [3.8, 4) is 0 Å². The van der Waals surface area contributed by atoms with Gasteiger partial charge in [-0.3, -0.25) is 0 Å². The Balaban J connectivity index is 2.87. The molecular weight excluding hydrogens is 238 g/mol. The van der Waals surface area contributed by atoms with Gasteiger partial charge in [-0.2, -0.15) is 0 Å². The summed E-state index contributed by atoms with van der Waals surface area (Å²) < 4.78 is 5.56. The van der Waals surface area contributed by atoms with E-state index in [1.54, 1.807) is 13.3 Å². The molecule has 1 aromatic rings. The lowest BCUT2D eigenvalue weighted by atomic mass is 9.88. The minimum atomic E-state index is -0.0953. The molecule has 1 rings (SSSR count). The van der Waals surface area contributed by atoms with Crippen LogP contribution in [0.15, 0.2) is 12.3 Å². The second-order valence-electron chi connectivity index (χ2n) is 6.99. The van der Waals surface area contributed by atoms with Crippen molar-refractivity contribution >= 4 is 0 Å². The van der Waals surface area contributed by atoms with Crippen molar-refractivity contribution in [2.45, 2.75) is 59.7 Å². The fourth-order valence-corrected chi connectivity index (χ4v) is 1.84. The van der Waals surface area contributed by atoms with Gasteiger partial charge in [0.25, 0.3) is 0 Å². The van der Waals surface area contributed by atoms with Crippen LogP contribution in [0, 0.1) is 5.41 Å². The van der Waals surface area contributed by atoms with E-state index >= 15 is 0 Å². The lowest BCUT2D eigenvalue weighted by Crippen LogP contribution is -2.35. The predicted octanol–water partition coefficient (Wildman–Crippen LogP) is 3.10. The largest absolute Gasteiger partial charge is 0.373 e. The summed E-state index contributed by atoms with van der Waals surface area (Å²) in [6, 6.07) is 1.94. The molecule has 0 bridgehead atoms. The van der Waals surface area contributed by atoms with Crippen LogP contribution in [-0.4, -0.2) is 22.6 Å². The molecule has 1 unspecified atom stereocenters. The number of nitrogens with one attached hydrogen (secondary N) is 1. The summed E-state index contributed by atoms with van der Waals surface area (Å²) in [6.07, 6.45) is 1.71. The lowest BCUT2D eigenvalue weighted by molar-refractivity contribution is 0.00847. The van der Waals surface area contributed by atoms with Gasteiger partial charge in [0.15, 0.2) is 5.82 Å². The summed E-state index contributed by atoms with van der Waals surface area (Å²) in [7, 11) is 1.71. The molecule has 1 heterocycles. The van der Waals surface area contributed by atoms with Crippen molar-refractivity contribution in [1.29, 1.82) is 0 Å². The van der Waals surface area contributed by atoms with Gasteiger partial charge in [-0.25, -0.2) is 9.97 Å². The first-order chi connectivity index (χ1) is 8.63. The maximum absolute atomic E-state index is 5.56. The van der Waals surface area contributed by atoms with E-state index in [9.17, 15) is 0 Å². The summed E-state index contributed by atoms with van der Waals surface area (Å²) >= 11 is 0. The third-order valence-corrected chi connectivity index (χ3v) is 2.79. The third-order valence-electron chi connectivity index (χ3n) is 2.79. The van der Waals surface area contributed by atoms with Gasteiger partial charge in [0.1, 0.15) is 6.10 Å². The van der Waals surface area contributed by atoms with Crippen LogP contribution in [0.3, 0.4) is 0 Å². The first-order valence-corrected chi connectivity index (χ1v) is 6.73. The molecule has 0 aromatic carbocycles. The molecular formula is C15H27N3O. The number of nitrogens with zero attached hydrogens (tertiary/aromatic N) is 2. The number of ether oxygens (including phenoxy) is 1. The minimum Gasteiger partial charge on any atom is -0.373 e. The lowest BCUT2D eigenvalue weighted by Gasteiger charge is -2.28. The van der Waals surface area contributed by atoms with Crippen LogP contribution in [0.25, 0.3) is 0 Å². The van der Waals surface area contributed by atoms with E-state index in [0.29, 0.717) is 0 Å². The van der Waals surface area contributed by atoms with E-state index in [0.717, 1.165) is 18.1 Å². The topological polar surface area (TPSA) is 47.0 Å². The quantitative estimate of drug-likeness (QED) is 0.908. The third kappa shape index (κ3) is 5.25. The van der Waals surface area contributed by atoms with Gasteiger partial charge in [0.05, 0.1) is 5.69 Å². The monoisotopic (exact) mass is 265 g/mol. The van der Waals surface area contributed by atoms with Gasteiger partial charge in [-0.15, -0.1) is 0 Å². The average molecular weight is 265 g/mol. The molecule has 0 aliphatic rings. The summed E-state index contributed by atoms with van der Waals surface area (Å²) in [5, 5.41) is 3.43. The van der Waals surface area contributed by atoms with E-state index in [4.69, 9.17) is 4.74 Å². The molecule has 1 atom stereocenters. The van der Waals surface area contributed by atoms with Crippen molar-refractivity contribution in [2.24, 2.45) is 5.41 Å². The van der Waals surface area contributed by atoms with Crippen molar-refractivity contribution in [3.63, 3.8) is 0 Å². The summed E-state index contributed by atoms with van der Waals surface area (Å²) in [4.78, 5) is 8.97. The van der Waals surface area contributed by atoms with Crippen LogP contribution >= 0.6 is 0 Å². The fourth-order valence-electron chi connectivity index (χ4n) is 1.84. The molecule has 19 heavy (non-hydrogen) atoms. The zero-order valence-corrected chi connectivity index (χ0v) is 13.2. The zero-order valence-electron chi connectivity index (χ0n) is 13.2. The first kappa shape index (κ1) is 16.1. The molecule has 0 radical (unpaired) electrons. The van der Waals surface area contributed by atoms with Crippen LogP contribution in [0.2, 0.25) is 0 Å². The summed E-state index contributed by atoms with van der Waals surface area (Å²) in [6.45, 7) is 13.5. The Labute approximate surface area is 117 Å². The molecule has 0 aliphatic heterocycles. The van der Waals surface area contributed by atoms with Gasteiger partial charge in [-0.05, 0) is 32.3 Å². The maximum atomic E-state index is 5.56. The molecule has 0 aliphatic carbocycles. The van der Waals surface area contributed by atoms with Gasteiger partial charge in [0.2, 0.25) is 0 Å². The molecule has 0 saturated carbocycles. The number of hydrogen-bond acceptors (Lipinski definition) is 4. The standard InChI is InChI=1S/C15H27N3O/c1-14(2,3)12(19-7)13-16-9-8-11(18-13)10-17-15(4,5)6/h8-9,12,17H,10H2,1-7H3. The molecule has 0 amide bonds. The Morgan fingerprint density at radius 1 is 1.21 bits per heavy atom. The van der Waals surface area contributed by atoms with E-state index in [1.165, 1.54) is 0 Å². The number of hydrogen-bond donors (Lipinski definition) is 1. The molecule has 4 nitrogen and oxygen atoms in total. The van der Waals surface area contributed by atoms with Crippen LogP contribution in [-0.2, 0) is 11.3 Å². The summed E-state index contributed by atoms with van der Waals surface area (Å²) in [5.41, 5.74) is 1.05. The number of aromatic nitrogens is 2. The molecule has 4 heteroatoms. The Morgan fingerprint density at radius 2 is 1.84 bits per heavy atom. The van der Waals surface area contributed by atoms with Crippen LogP contribution in [0.1, 0.15) is 59.2 Å². The van der Waals surface area contributed by atoms with Crippen molar-refractivity contribution in [1.82, 2.24) is 15.3 Å². The van der Waals surface area contributed by atoms with E-state index in [1.807, 2.05) is 6.07 Å². The van der Waals surface area contributed by atoms with Crippen LogP contribution in [0.5, 0.6) is 0 Å². The van der Waals surface area contributed by atoms with Crippen molar-refractivity contribution < 1.29 is 4.74 Å². The molecule has 108 valence electrons. The van der Waals surface area contributed by atoms with Gasteiger partial charge >= 0.3 is 0 Å².